The van der Waals surface area contributed by atoms with E-state index in [1.165, 1.54) is 71.1 Å². The molecule has 0 aliphatic rings. The minimum absolute atomic E-state index is 0.574. The fourth-order valence-electron chi connectivity index (χ4n) is 4.23. The third-order valence-corrected chi connectivity index (χ3v) is 7.20. The molecule has 0 bridgehead atoms. The van der Waals surface area contributed by atoms with Gasteiger partial charge in [0.15, 0.2) is 0 Å². The van der Waals surface area contributed by atoms with E-state index in [1.54, 1.807) is 7.05 Å². The van der Waals surface area contributed by atoms with E-state index in [-0.39, 0.29) is 0 Å². The second-order valence-electron chi connectivity index (χ2n) is 10.8. The van der Waals surface area contributed by atoms with Gasteiger partial charge < -0.3 is 5.73 Å². The Morgan fingerprint density at radius 3 is 1.87 bits per heavy atom. The van der Waals surface area contributed by atoms with E-state index in [2.05, 4.69) is 127 Å². The molecular formula is C43H64N2. The number of unbranched alkanes of at least 4 members (excludes halogenated alkanes) is 1. The maximum atomic E-state index is 5.94. The topological polar surface area (TPSA) is 38.4 Å². The number of aryl methyl sites for hydroxylation is 2. The molecule has 2 heteroatoms. The number of aliphatic imine (C=N–C) groups is 1. The summed E-state index contributed by atoms with van der Waals surface area (Å²) < 4.78 is 0. The lowest BCUT2D eigenvalue weighted by molar-refractivity contribution is 0.789. The van der Waals surface area contributed by atoms with Gasteiger partial charge in [0.1, 0.15) is 5.84 Å². The van der Waals surface area contributed by atoms with Gasteiger partial charge in [-0.15, -0.1) is 19.7 Å². The Balaban J connectivity index is 0. The normalized spacial score (nSPS) is 9.76. The lowest BCUT2D eigenvalue weighted by Crippen LogP contribution is -2.14. The number of benzene rings is 3. The van der Waals surface area contributed by atoms with Gasteiger partial charge in [-0.25, -0.2) is 0 Å². The SMILES string of the molecule is C=C.C=C(C)CCCC.C=Cc1ccccc1CCCC(C)=C(C)C.CC.CCc1ccc(-c2ccccc2C(N)=NC)cc1. The van der Waals surface area contributed by atoms with Gasteiger partial charge in [-0.05, 0) is 94.0 Å². The van der Waals surface area contributed by atoms with E-state index in [4.69, 9.17) is 5.73 Å². The van der Waals surface area contributed by atoms with Crippen LogP contribution < -0.4 is 5.73 Å². The van der Waals surface area contributed by atoms with Crippen molar-refractivity contribution >= 4 is 11.9 Å². The molecule has 0 saturated heterocycles. The van der Waals surface area contributed by atoms with Crippen molar-refractivity contribution in [3.63, 3.8) is 0 Å². The van der Waals surface area contributed by atoms with Gasteiger partial charge in [-0.1, -0.05) is 136 Å². The van der Waals surface area contributed by atoms with Crippen LogP contribution in [0.2, 0.25) is 0 Å². The first kappa shape index (κ1) is 43.2. The average Bonchev–Trinajstić information content (AvgIpc) is 3.09. The molecule has 246 valence electrons. The highest BCUT2D eigenvalue weighted by atomic mass is 14.8. The molecule has 0 radical (unpaired) electrons. The van der Waals surface area contributed by atoms with Crippen LogP contribution in [0.5, 0.6) is 0 Å². The fraction of sp³-hybridized carbons (Fsp3) is 0.372. The Bertz CT molecular complexity index is 1270. The number of amidine groups is 1. The van der Waals surface area contributed by atoms with E-state index in [0.29, 0.717) is 5.84 Å². The predicted molar refractivity (Wildman–Crippen MR) is 208 cm³/mol. The summed E-state index contributed by atoms with van der Waals surface area (Å²) in [5.74, 6) is 0.574. The quantitative estimate of drug-likeness (QED) is 0.131. The van der Waals surface area contributed by atoms with Crippen LogP contribution in [0.15, 0.2) is 121 Å². The Morgan fingerprint density at radius 2 is 1.38 bits per heavy atom. The van der Waals surface area contributed by atoms with Gasteiger partial charge in [0.2, 0.25) is 0 Å². The second kappa shape index (κ2) is 27.6. The maximum Gasteiger partial charge on any atom is 0.125 e. The number of hydrogen-bond donors (Lipinski definition) is 1. The zero-order chi connectivity index (χ0) is 34.6. The summed E-state index contributed by atoms with van der Waals surface area (Å²) in [5.41, 5.74) is 17.6. The Hall–Kier alpha value is -3.91. The first-order chi connectivity index (χ1) is 21.7. The molecule has 3 aromatic rings. The van der Waals surface area contributed by atoms with Crippen LogP contribution in [0.25, 0.3) is 17.2 Å². The molecule has 0 aliphatic heterocycles. The predicted octanol–water partition coefficient (Wildman–Crippen LogP) is 12.8. The summed E-state index contributed by atoms with van der Waals surface area (Å²) in [6, 6.07) is 25.2. The average molecular weight is 609 g/mol. The highest BCUT2D eigenvalue weighted by Crippen LogP contribution is 2.24. The van der Waals surface area contributed by atoms with Gasteiger partial charge in [0.25, 0.3) is 0 Å². The summed E-state index contributed by atoms with van der Waals surface area (Å²) in [7, 11) is 1.71. The van der Waals surface area contributed by atoms with Crippen LogP contribution in [0.3, 0.4) is 0 Å². The van der Waals surface area contributed by atoms with Crippen LogP contribution in [-0.4, -0.2) is 12.9 Å². The Morgan fingerprint density at radius 1 is 0.800 bits per heavy atom. The highest BCUT2D eigenvalue weighted by Gasteiger charge is 2.07. The summed E-state index contributed by atoms with van der Waals surface area (Å²) in [6.45, 7) is 30.7. The molecule has 0 spiro atoms. The Kier molecular flexibility index (Phi) is 26.5. The molecule has 0 heterocycles. The van der Waals surface area contributed by atoms with Crippen molar-refractivity contribution in [1.82, 2.24) is 0 Å². The van der Waals surface area contributed by atoms with Crippen molar-refractivity contribution < 1.29 is 0 Å². The molecule has 0 amide bonds. The first-order valence-electron chi connectivity index (χ1n) is 16.6. The summed E-state index contributed by atoms with van der Waals surface area (Å²) >= 11 is 0. The van der Waals surface area contributed by atoms with E-state index < -0.39 is 0 Å². The van der Waals surface area contributed by atoms with Crippen molar-refractivity contribution in [1.29, 1.82) is 0 Å². The minimum atomic E-state index is 0.574. The van der Waals surface area contributed by atoms with Crippen molar-refractivity contribution in [3.05, 3.63) is 138 Å². The molecule has 45 heavy (non-hydrogen) atoms. The zero-order valence-corrected chi connectivity index (χ0v) is 30.3. The third-order valence-electron chi connectivity index (χ3n) is 7.20. The van der Waals surface area contributed by atoms with E-state index >= 15 is 0 Å². The fourth-order valence-corrected chi connectivity index (χ4v) is 4.23. The lowest BCUT2D eigenvalue weighted by atomic mass is 9.98. The highest BCUT2D eigenvalue weighted by molar-refractivity contribution is 6.03. The van der Waals surface area contributed by atoms with Gasteiger partial charge in [0.05, 0.1) is 0 Å². The lowest BCUT2D eigenvalue weighted by Gasteiger charge is -2.09. The smallest absolute Gasteiger partial charge is 0.125 e. The summed E-state index contributed by atoms with van der Waals surface area (Å²) in [4.78, 5) is 4.07. The number of hydrogen-bond acceptors (Lipinski definition) is 1. The molecular weight excluding hydrogens is 544 g/mol. The number of nitrogens with zero attached hydrogens (tertiary/aromatic N) is 1. The monoisotopic (exact) mass is 609 g/mol. The van der Waals surface area contributed by atoms with Gasteiger partial charge in [-0.2, -0.15) is 0 Å². The van der Waals surface area contributed by atoms with E-state index in [9.17, 15) is 0 Å². The van der Waals surface area contributed by atoms with Crippen molar-refractivity contribution in [2.45, 2.75) is 100 Å². The molecule has 2 nitrogen and oxygen atoms in total. The molecule has 2 N–H and O–H groups in total. The molecule has 0 fully saturated rings. The van der Waals surface area contributed by atoms with Crippen LogP contribution in [0.4, 0.5) is 0 Å². The Labute approximate surface area is 278 Å². The van der Waals surface area contributed by atoms with Crippen LogP contribution in [0.1, 0.15) is 110 Å². The number of rotatable bonds is 11. The molecule has 3 aromatic carbocycles. The van der Waals surface area contributed by atoms with Gasteiger partial charge in [-0.3, -0.25) is 4.99 Å². The molecule has 0 saturated carbocycles. The minimum Gasteiger partial charge on any atom is -0.383 e. The zero-order valence-electron chi connectivity index (χ0n) is 30.3. The maximum absolute atomic E-state index is 5.94. The van der Waals surface area contributed by atoms with Gasteiger partial charge >= 0.3 is 0 Å². The van der Waals surface area contributed by atoms with Crippen LogP contribution in [-0.2, 0) is 12.8 Å². The number of allylic oxidation sites excluding steroid dienone is 3. The standard InChI is InChI=1S/C16H18N2.C16H22.C7H14.C2H6.C2H4/c1-3-12-8-10-13(11-9-12)14-6-4-5-7-15(14)16(17)18-2;1-5-15-10-6-7-11-16(15)12-8-9-14(4)13(2)3;1-4-5-6-7(2)3;2*1-2/h4-11H,3H2,1-2H3,(H2,17,18);5-7,10-11H,1,8-9,12H2,2-4H3;2,4-6H2,1,3H3;1-2H3;1-2H2. The van der Waals surface area contributed by atoms with E-state index in [0.717, 1.165) is 24.0 Å². The van der Waals surface area contributed by atoms with Crippen molar-refractivity contribution in [2.75, 3.05) is 7.05 Å². The second-order valence-corrected chi connectivity index (χ2v) is 10.8. The molecule has 0 aromatic heterocycles. The molecule has 0 aliphatic carbocycles. The summed E-state index contributed by atoms with van der Waals surface area (Å²) in [5, 5.41) is 0. The van der Waals surface area contributed by atoms with Crippen molar-refractivity contribution in [2.24, 2.45) is 10.7 Å². The van der Waals surface area contributed by atoms with Crippen molar-refractivity contribution in [3.8, 4) is 11.1 Å². The van der Waals surface area contributed by atoms with Crippen LogP contribution >= 0.6 is 0 Å². The summed E-state index contributed by atoms with van der Waals surface area (Å²) in [6.07, 6.45) is 10.4. The number of nitrogens with two attached hydrogens (primary N) is 1. The molecule has 0 unspecified atom stereocenters. The third kappa shape index (κ3) is 18.5. The van der Waals surface area contributed by atoms with E-state index in [1.807, 2.05) is 38.1 Å². The largest absolute Gasteiger partial charge is 0.383 e. The molecule has 3 rings (SSSR count). The van der Waals surface area contributed by atoms with Crippen LogP contribution in [0, 0.1) is 0 Å². The first-order valence-corrected chi connectivity index (χ1v) is 16.6. The van der Waals surface area contributed by atoms with Gasteiger partial charge in [0, 0.05) is 12.6 Å². The molecule has 0 atom stereocenters.